The summed E-state index contributed by atoms with van der Waals surface area (Å²) in [6.45, 7) is 6.04. The molecule has 1 aliphatic heterocycles. The number of hydrogen-bond donors (Lipinski definition) is 1. The Hall–Kier alpha value is -3.06. The van der Waals surface area contributed by atoms with Gasteiger partial charge < -0.3 is 24.2 Å². The van der Waals surface area contributed by atoms with Gasteiger partial charge in [0.25, 0.3) is 5.91 Å². The minimum Gasteiger partial charge on any atom is -0.493 e. The van der Waals surface area contributed by atoms with Crippen LogP contribution < -0.4 is 14.4 Å². The average molecular weight is 427 g/mol. The Balaban J connectivity index is 1.52. The number of carbonyl (C=O) groups excluding carboxylic acids is 2. The summed E-state index contributed by atoms with van der Waals surface area (Å²) in [7, 11) is 3.44. The largest absolute Gasteiger partial charge is 0.493 e. The highest BCUT2D eigenvalue weighted by molar-refractivity contribution is 5.77. The first-order valence-electron chi connectivity index (χ1n) is 10.6. The van der Waals surface area contributed by atoms with Gasteiger partial charge in [0.05, 0.1) is 33.3 Å². The molecule has 0 atom stereocenters. The van der Waals surface area contributed by atoms with Gasteiger partial charge in [-0.1, -0.05) is 36.4 Å². The monoisotopic (exact) mass is 426 g/mol. The van der Waals surface area contributed by atoms with Crippen molar-refractivity contribution in [1.29, 1.82) is 0 Å². The molecule has 1 N–H and O–H groups in total. The highest BCUT2D eigenvalue weighted by Gasteiger charge is 2.24. The van der Waals surface area contributed by atoms with Crippen molar-refractivity contribution in [3.05, 3.63) is 59.7 Å². The standard InChI is InChI=1S/C24H31N3O4/c1-19(28)27-13-11-26(12-14-27)17-24(29)25(2)16-21-9-10-22(23(15-21)30-3)31-18-20-7-5-4-6-8-20/h4-10,15H,11-14,16-18H2,1-3H3/p+1. The van der Waals surface area contributed by atoms with Gasteiger partial charge in [-0.05, 0) is 23.3 Å². The molecule has 2 aromatic carbocycles. The lowest BCUT2D eigenvalue weighted by atomic mass is 10.2. The van der Waals surface area contributed by atoms with Crippen LogP contribution in [0.3, 0.4) is 0 Å². The number of quaternary nitrogens is 1. The summed E-state index contributed by atoms with van der Waals surface area (Å²) in [5, 5.41) is 0. The minimum atomic E-state index is 0.0923. The van der Waals surface area contributed by atoms with Crippen LogP contribution in [0.5, 0.6) is 11.5 Å². The molecular weight excluding hydrogens is 394 g/mol. The molecule has 166 valence electrons. The summed E-state index contributed by atoms with van der Waals surface area (Å²) in [6.07, 6.45) is 0. The molecule has 3 rings (SSSR count). The van der Waals surface area contributed by atoms with E-state index in [2.05, 4.69) is 0 Å². The predicted octanol–water partition coefficient (Wildman–Crippen LogP) is 0.980. The van der Waals surface area contributed by atoms with Crippen molar-refractivity contribution in [2.24, 2.45) is 0 Å². The fourth-order valence-electron chi connectivity index (χ4n) is 3.69. The van der Waals surface area contributed by atoms with Crippen molar-refractivity contribution in [2.75, 3.05) is 46.9 Å². The minimum absolute atomic E-state index is 0.0923. The van der Waals surface area contributed by atoms with E-state index < -0.39 is 0 Å². The molecule has 1 fully saturated rings. The van der Waals surface area contributed by atoms with Gasteiger partial charge in [-0.25, -0.2) is 0 Å². The van der Waals surface area contributed by atoms with Gasteiger partial charge in [-0.3, -0.25) is 9.59 Å². The first-order valence-corrected chi connectivity index (χ1v) is 10.6. The summed E-state index contributed by atoms with van der Waals surface area (Å²) < 4.78 is 11.4. The molecule has 0 aromatic heterocycles. The Morgan fingerprint density at radius 2 is 1.74 bits per heavy atom. The lowest BCUT2D eigenvalue weighted by Gasteiger charge is -2.32. The van der Waals surface area contributed by atoms with Gasteiger partial charge in [-0.2, -0.15) is 0 Å². The molecule has 2 amide bonds. The van der Waals surface area contributed by atoms with Crippen molar-refractivity contribution in [1.82, 2.24) is 9.80 Å². The molecule has 7 nitrogen and oxygen atoms in total. The number of methoxy groups -OCH3 is 1. The number of ether oxygens (including phenoxy) is 2. The van der Waals surface area contributed by atoms with Crippen LogP contribution in [0.2, 0.25) is 0 Å². The van der Waals surface area contributed by atoms with Gasteiger partial charge in [-0.15, -0.1) is 0 Å². The number of rotatable bonds is 8. The number of nitrogens with one attached hydrogen (secondary N) is 1. The van der Waals surface area contributed by atoms with E-state index in [-0.39, 0.29) is 11.8 Å². The van der Waals surface area contributed by atoms with Crippen LogP contribution in [0.4, 0.5) is 0 Å². The highest BCUT2D eigenvalue weighted by atomic mass is 16.5. The predicted molar refractivity (Wildman–Crippen MR) is 118 cm³/mol. The SMILES string of the molecule is COc1cc(CN(C)C(=O)C[NH+]2CCN(C(C)=O)CC2)ccc1OCc1ccccc1. The second-order valence-electron chi connectivity index (χ2n) is 7.94. The van der Waals surface area contributed by atoms with E-state index in [1.54, 1.807) is 18.9 Å². The summed E-state index contributed by atoms with van der Waals surface area (Å²) in [4.78, 5) is 28.9. The third-order valence-corrected chi connectivity index (χ3v) is 5.63. The smallest absolute Gasteiger partial charge is 0.277 e. The summed E-state index contributed by atoms with van der Waals surface area (Å²) >= 11 is 0. The molecule has 0 saturated carbocycles. The summed E-state index contributed by atoms with van der Waals surface area (Å²) in [5.41, 5.74) is 2.07. The molecule has 7 heteroatoms. The second kappa shape index (κ2) is 10.8. The van der Waals surface area contributed by atoms with Crippen LogP contribution in [0.1, 0.15) is 18.1 Å². The topological polar surface area (TPSA) is 63.5 Å². The third-order valence-electron chi connectivity index (χ3n) is 5.63. The lowest BCUT2D eigenvalue weighted by Crippen LogP contribution is -3.15. The molecule has 1 aliphatic rings. The molecule has 0 bridgehead atoms. The molecule has 0 aliphatic carbocycles. The summed E-state index contributed by atoms with van der Waals surface area (Å²) in [6, 6.07) is 15.7. The molecule has 1 heterocycles. The zero-order valence-electron chi connectivity index (χ0n) is 18.6. The number of likely N-dealkylation sites (N-methyl/N-ethyl adjacent to an activating group) is 1. The molecule has 0 radical (unpaired) electrons. The van der Waals surface area contributed by atoms with Gasteiger partial charge in [0.15, 0.2) is 18.0 Å². The highest BCUT2D eigenvalue weighted by Crippen LogP contribution is 2.29. The maximum atomic E-state index is 12.7. The van der Waals surface area contributed by atoms with Crippen molar-refractivity contribution in [3.63, 3.8) is 0 Å². The molecule has 31 heavy (non-hydrogen) atoms. The normalized spacial score (nSPS) is 14.2. The number of hydrogen-bond acceptors (Lipinski definition) is 4. The zero-order chi connectivity index (χ0) is 22.2. The van der Waals surface area contributed by atoms with E-state index in [9.17, 15) is 9.59 Å². The Kier molecular flexibility index (Phi) is 7.89. The van der Waals surface area contributed by atoms with Gasteiger partial charge >= 0.3 is 0 Å². The molecular formula is C24H32N3O4+. The van der Waals surface area contributed by atoms with Crippen molar-refractivity contribution >= 4 is 11.8 Å². The van der Waals surface area contributed by atoms with Crippen LogP contribution in [0.25, 0.3) is 0 Å². The fourth-order valence-corrected chi connectivity index (χ4v) is 3.69. The van der Waals surface area contributed by atoms with Crippen LogP contribution in [-0.4, -0.2) is 68.5 Å². The molecule has 1 saturated heterocycles. The number of amides is 2. The van der Waals surface area contributed by atoms with Crippen molar-refractivity contribution in [2.45, 2.75) is 20.1 Å². The Morgan fingerprint density at radius 3 is 2.39 bits per heavy atom. The number of benzene rings is 2. The molecule has 0 unspecified atom stereocenters. The zero-order valence-corrected chi connectivity index (χ0v) is 18.6. The van der Waals surface area contributed by atoms with Crippen molar-refractivity contribution < 1.29 is 24.0 Å². The van der Waals surface area contributed by atoms with E-state index in [1.165, 1.54) is 4.90 Å². The van der Waals surface area contributed by atoms with E-state index >= 15 is 0 Å². The van der Waals surface area contributed by atoms with E-state index in [4.69, 9.17) is 9.47 Å². The van der Waals surface area contributed by atoms with E-state index in [0.717, 1.165) is 24.2 Å². The number of carbonyl (C=O) groups is 2. The maximum Gasteiger partial charge on any atom is 0.277 e. The average Bonchev–Trinajstić information content (AvgIpc) is 2.79. The molecule has 0 spiro atoms. The Labute approximate surface area is 184 Å². The summed E-state index contributed by atoms with van der Waals surface area (Å²) in [5.74, 6) is 1.53. The van der Waals surface area contributed by atoms with Crippen LogP contribution >= 0.6 is 0 Å². The van der Waals surface area contributed by atoms with Gasteiger partial charge in [0.2, 0.25) is 5.91 Å². The van der Waals surface area contributed by atoms with Crippen LogP contribution in [0, 0.1) is 0 Å². The van der Waals surface area contributed by atoms with Gasteiger partial charge in [0, 0.05) is 20.5 Å². The van der Waals surface area contributed by atoms with Crippen molar-refractivity contribution in [3.8, 4) is 11.5 Å². The Morgan fingerprint density at radius 1 is 1.03 bits per heavy atom. The fraction of sp³-hybridized carbons (Fsp3) is 0.417. The Bertz CT molecular complexity index is 880. The van der Waals surface area contributed by atoms with E-state index in [1.807, 2.05) is 60.5 Å². The maximum absolute atomic E-state index is 12.7. The molecule has 2 aromatic rings. The number of nitrogens with zero attached hydrogens (tertiary/aromatic N) is 2. The second-order valence-corrected chi connectivity index (χ2v) is 7.94. The number of piperazine rings is 1. The van der Waals surface area contributed by atoms with Gasteiger partial charge in [0.1, 0.15) is 6.61 Å². The first-order chi connectivity index (χ1) is 15.0. The van der Waals surface area contributed by atoms with E-state index in [0.29, 0.717) is 44.3 Å². The first kappa shape index (κ1) is 22.6. The lowest BCUT2D eigenvalue weighted by molar-refractivity contribution is -0.896. The third kappa shape index (κ3) is 6.46. The van der Waals surface area contributed by atoms with Crippen LogP contribution in [-0.2, 0) is 22.7 Å². The quantitative estimate of drug-likeness (QED) is 0.684. The van der Waals surface area contributed by atoms with Crippen LogP contribution in [0.15, 0.2) is 48.5 Å².